The van der Waals surface area contributed by atoms with Gasteiger partial charge in [0, 0.05) is 5.56 Å². The lowest BCUT2D eigenvalue weighted by Crippen LogP contribution is -2.11. The zero-order chi connectivity index (χ0) is 12.3. The van der Waals surface area contributed by atoms with E-state index in [0.29, 0.717) is 5.92 Å². The molecule has 0 spiro atoms. The highest BCUT2D eigenvalue weighted by molar-refractivity contribution is 5.32. The Morgan fingerprint density at radius 1 is 1.18 bits per heavy atom. The van der Waals surface area contributed by atoms with Gasteiger partial charge in [-0.15, -0.1) is 0 Å². The van der Waals surface area contributed by atoms with Crippen LogP contribution in [0.4, 0.5) is 0 Å². The van der Waals surface area contributed by atoms with Gasteiger partial charge in [0.25, 0.3) is 0 Å². The Kier molecular flexibility index (Phi) is 3.64. The molecule has 1 aromatic carbocycles. The van der Waals surface area contributed by atoms with E-state index in [4.69, 9.17) is 10.2 Å². The molecule has 90 valence electrons. The lowest BCUT2D eigenvalue weighted by atomic mass is 9.96. The van der Waals surface area contributed by atoms with Crippen molar-refractivity contribution < 1.29 is 4.42 Å². The summed E-state index contributed by atoms with van der Waals surface area (Å²) >= 11 is 0. The van der Waals surface area contributed by atoms with Crippen LogP contribution in [-0.2, 0) is 6.42 Å². The summed E-state index contributed by atoms with van der Waals surface area (Å²) in [7, 11) is 0. The molecule has 1 atom stereocenters. The van der Waals surface area contributed by atoms with Gasteiger partial charge in [0.1, 0.15) is 0 Å². The Bertz CT molecular complexity index is 460. The van der Waals surface area contributed by atoms with Crippen LogP contribution in [-0.4, -0.2) is 0 Å². The molecule has 2 rings (SSSR count). The fourth-order valence-electron chi connectivity index (χ4n) is 2.03. The summed E-state index contributed by atoms with van der Waals surface area (Å²) < 4.78 is 5.07. The molecular weight excluding hydrogens is 210 g/mol. The van der Waals surface area contributed by atoms with E-state index in [1.165, 1.54) is 5.56 Å². The van der Waals surface area contributed by atoms with Crippen LogP contribution in [0, 0.1) is 5.92 Å². The maximum absolute atomic E-state index is 6.20. The van der Waals surface area contributed by atoms with Crippen molar-refractivity contribution in [1.29, 1.82) is 0 Å². The molecule has 2 nitrogen and oxygen atoms in total. The second-order valence-corrected chi connectivity index (χ2v) is 4.88. The fourth-order valence-corrected chi connectivity index (χ4v) is 2.03. The van der Waals surface area contributed by atoms with Crippen molar-refractivity contribution in [1.82, 2.24) is 0 Å². The van der Waals surface area contributed by atoms with Gasteiger partial charge < -0.3 is 10.2 Å². The molecule has 2 heteroatoms. The minimum Gasteiger partial charge on any atom is -0.472 e. The van der Waals surface area contributed by atoms with Crippen molar-refractivity contribution in [2.75, 3.05) is 0 Å². The first-order valence-electron chi connectivity index (χ1n) is 6.03. The zero-order valence-corrected chi connectivity index (χ0v) is 10.4. The Morgan fingerprint density at radius 2 is 2.00 bits per heavy atom. The molecule has 0 bridgehead atoms. The normalized spacial score (nSPS) is 12.9. The largest absolute Gasteiger partial charge is 0.472 e. The molecule has 1 heterocycles. The first-order chi connectivity index (χ1) is 8.16. The SMILES string of the molecule is CC(C)Cc1cccc(C(N)c2ccoc2)c1. The van der Waals surface area contributed by atoms with Crippen LogP contribution in [0.5, 0.6) is 0 Å². The van der Waals surface area contributed by atoms with Crippen LogP contribution in [0.1, 0.15) is 36.6 Å². The Labute approximate surface area is 102 Å². The van der Waals surface area contributed by atoms with Crippen molar-refractivity contribution in [3.05, 3.63) is 59.5 Å². The van der Waals surface area contributed by atoms with E-state index in [1.54, 1.807) is 12.5 Å². The van der Waals surface area contributed by atoms with Crippen molar-refractivity contribution in [3.8, 4) is 0 Å². The fraction of sp³-hybridized carbons (Fsp3) is 0.333. The molecule has 1 unspecified atom stereocenters. The van der Waals surface area contributed by atoms with Crippen molar-refractivity contribution in [3.63, 3.8) is 0 Å². The summed E-state index contributed by atoms with van der Waals surface area (Å²) in [5.41, 5.74) is 9.71. The van der Waals surface area contributed by atoms with Crippen molar-refractivity contribution in [2.24, 2.45) is 11.7 Å². The third-order valence-electron chi connectivity index (χ3n) is 2.86. The Morgan fingerprint density at radius 3 is 2.65 bits per heavy atom. The topological polar surface area (TPSA) is 39.2 Å². The van der Waals surface area contributed by atoms with Crippen LogP contribution < -0.4 is 5.73 Å². The summed E-state index contributed by atoms with van der Waals surface area (Å²) in [4.78, 5) is 0. The molecule has 0 aliphatic heterocycles. The molecule has 1 aromatic heterocycles. The summed E-state index contributed by atoms with van der Waals surface area (Å²) in [5.74, 6) is 0.662. The summed E-state index contributed by atoms with van der Waals surface area (Å²) in [6.07, 6.45) is 4.46. The van der Waals surface area contributed by atoms with Gasteiger partial charge in [0.2, 0.25) is 0 Å². The molecule has 0 saturated heterocycles. The monoisotopic (exact) mass is 229 g/mol. The van der Waals surface area contributed by atoms with Gasteiger partial charge in [-0.3, -0.25) is 0 Å². The molecule has 2 aromatic rings. The van der Waals surface area contributed by atoms with Gasteiger partial charge in [0.15, 0.2) is 0 Å². The smallest absolute Gasteiger partial charge is 0.0953 e. The van der Waals surface area contributed by atoms with E-state index in [1.807, 2.05) is 6.07 Å². The Hall–Kier alpha value is -1.54. The van der Waals surface area contributed by atoms with Crippen molar-refractivity contribution >= 4 is 0 Å². The average molecular weight is 229 g/mol. The van der Waals surface area contributed by atoms with Gasteiger partial charge in [-0.25, -0.2) is 0 Å². The summed E-state index contributed by atoms with van der Waals surface area (Å²) in [6.45, 7) is 4.45. The van der Waals surface area contributed by atoms with E-state index >= 15 is 0 Å². The average Bonchev–Trinajstić information content (AvgIpc) is 2.81. The van der Waals surface area contributed by atoms with Crippen LogP contribution in [0.15, 0.2) is 47.3 Å². The predicted octanol–water partition coefficient (Wildman–Crippen LogP) is 3.53. The molecule has 2 N–H and O–H groups in total. The van der Waals surface area contributed by atoms with E-state index in [0.717, 1.165) is 17.5 Å². The van der Waals surface area contributed by atoms with E-state index in [9.17, 15) is 0 Å². The molecule has 0 fully saturated rings. The molecular formula is C15H19NO. The van der Waals surface area contributed by atoms with Crippen LogP contribution in [0.3, 0.4) is 0 Å². The second-order valence-electron chi connectivity index (χ2n) is 4.88. The highest BCUT2D eigenvalue weighted by Gasteiger charge is 2.10. The molecule has 17 heavy (non-hydrogen) atoms. The van der Waals surface area contributed by atoms with Crippen LogP contribution in [0.2, 0.25) is 0 Å². The highest BCUT2D eigenvalue weighted by Crippen LogP contribution is 2.21. The standard InChI is InChI=1S/C15H19NO/c1-11(2)8-12-4-3-5-13(9-12)15(16)14-6-7-17-10-14/h3-7,9-11,15H,8,16H2,1-2H3. The quantitative estimate of drug-likeness (QED) is 0.871. The van der Waals surface area contributed by atoms with Gasteiger partial charge in [0.05, 0.1) is 18.6 Å². The van der Waals surface area contributed by atoms with Crippen molar-refractivity contribution in [2.45, 2.75) is 26.3 Å². The van der Waals surface area contributed by atoms with Gasteiger partial charge >= 0.3 is 0 Å². The number of rotatable bonds is 4. The number of hydrogen-bond donors (Lipinski definition) is 1. The Balaban J connectivity index is 2.21. The minimum atomic E-state index is -0.0964. The van der Waals surface area contributed by atoms with E-state index < -0.39 is 0 Å². The van der Waals surface area contributed by atoms with Gasteiger partial charge in [-0.2, -0.15) is 0 Å². The number of nitrogens with two attached hydrogens (primary N) is 1. The van der Waals surface area contributed by atoms with Gasteiger partial charge in [-0.1, -0.05) is 38.1 Å². The second kappa shape index (κ2) is 5.19. The molecule has 0 aliphatic rings. The number of benzene rings is 1. The van der Waals surface area contributed by atoms with E-state index in [-0.39, 0.29) is 6.04 Å². The first kappa shape index (κ1) is 11.9. The third-order valence-corrected chi connectivity index (χ3v) is 2.86. The molecule has 0 radical (unpaired) electrons. The molecule has 0 amide bonds. The molecule has 0 aliphatic carbocycles. The van der Waals surface area contributed by atoms with Crippen LogP contribution >= 0.6 is 0 Å². The lowest BCUT2D eigenvalue weighted by Gasteiger charge is -2.12. The van der Waals surface area contributed by atoms with Gasteiger partial charge in [-0.05, 0) is 29.5 Å². The lowest BCUT2D eigenvalue weighted by molar-refractivity contribution is 0.562. The molecule has 0 saturated carbocycles. The maximum atomic E-state index is 6.20. The highest BCUT2D eigenvalue weighted by atomic mass is 16.3. The summed E-state index contributed by atoms with van der Waals surface area (Å²) in [5, 5.41) is 0. The number of furan rings is 1. The zero-order valence-electron chi connectivity index (χ0n) is 10.4. The number of hydrogen-bond acceptors (Lipinski definition) is 2. The predicted molar refractivity (Wildman–Crippen MR) is 69.7 cm³/mol. The summed E-state index contributed by atoms with van der Waals surface area (Å²) in [6, 6.07) is 10.3. The van der Waals surface area contributed by atoms with E-state index in [2.05, 4.69) is 38.1 Å². The minimum absolute atomic E-state index is 0.0964. The van der Waals surface area contributed by atoms with Crippen LogP contribution in [0.25, 0.3) is 0 Å². The maximum Gasteiger partial charge on any atom is 0.0953 e. The first-order valence-corrected chi connectivity index (χ1v) is 6.03. The third kappa shape index (κ3) is 2.98.